The molecule has 0 aliphatic heterocycles. The monoisotopic (exact) mass is 298 g/mol. The summed E-state index contributed by atoms with van der Waals surface area (Å²) >= 11 is 0. The second kappa shape index (κ2) is 6.80. The first-order chi connectivity index (χ1) is 10.5. The zero-order chi connectivity index (χ0) is 16.1. The molecule has 0 spiro atoms. The van der Waals surface area contributed by atoms with Crippen LogP contribution in [0.5, 0.6) is 11.5 Å². The number of hydrogen-bond acceptors (Lipinski definition) is 3. The standard InChI is InChI=1S/C18H18O4/c1-2-6-14-16(19)10-13(11-17(14)20)15(18(21)22)9-12-7-4-3-5-8-12/h3-5,7-11,19-20H,2,6H2,1H3,(H,21,22). The van der Waals surface area contributed by atoms with Crippen molar-refractivity contribution in [1.82, 2.24) is 0 Å². The van der Waals surface area contributed by atoms with Gasteiger partial charge in [-0.15, -0.1) is 0 Å². The van der Waals surface area contributed by atoms with E-state index in [0.717, 1.165) is 12.0 Å². The lowest BCUT2D eigenvalue weighted by atomic mass is 9.98. The molecular formula is C18H18O4. The van der Waals surface area contributed by atoms with E-state index in [9.17, 15) is 20.1 Å². The van der Waals surface area contributed by atoms with Gasteiger partial charge in [0, 0.05) is 5.56 Å². The number of carboxylic acid groups (broad SMARTS) is 1. The molecule has 3 N–H and O–H groups in total. The van der Waals surface area contributed by atoms with Gasteiger partial charge in [0.25, 0.3) is 0 Å². The van der Waals surface area contributed by atoms with E-state index in [4.69, 9.17) is 0 Å². The Balaban J connectivity index is 2.51. The van der Waals surface area contributed by atoms with Crippen LogP contribution >= 0.6 is 0 Å². The predicted molar refractivity (Wildman–Crippen MR) is 85.7 cm³/mol. The highest BCUT2D eigenvalue weighted by atomic mass is 16.4. The van der Waals surface area contributed by atoms with Crippen LogP contribution in [0.1, 0.15) is 30.0 Å². The second-order valence-corrected chi connectivity index (χ2v) is 5.02. The van der Waals surface area contributed by atoms with E-state index in [1.54, 1.807) is 12.1 Å². The van der Waals surface area contributed by atoms with E-state index in [1.165, 1.54) is 18.2 Å². The van der Waals surface area contributed by atoms with Crippen LogP contribution in [0.25, 0.3) is 11.6 Å². The number of benzene rings is 2. The smallest absolute Gasteiger partial charge is 0.336 e. The van der Waals surface area contributed by atoms with Gasteiger partial charge in [-0.25, -0.2) is 4.79 Å². The van der Waals surface area contributed by atoms with Gasteiger partial charge in [-0.2, -0.15) is 0 Å². The minimum atomic E-state index is -1.12. The molecule has 0 saturated heterocycles. The largest absolute Gasteiger partial charge is 0.508 e. The molecule has 0 fully saturated rings. The van der Waals surface area contributed by atoms with Crippen molar-refractivity contribution >= 4 is 17.6 Å². The fourth-order valence-corrected chi connectivity index (χ4v) is 2.29. The molecule has 2 aromatic carbocycles. The lowest BCUT2D eigenvalue weighted by Gasteiger charge is -2.10. The summed E-state index contributed by atoms with van der Waals surface area (Å²) in [5.41, 5.74) is 1.46. The maximum atomic E-state index is 11.5. The van der Waals surface area contributed by atoms with E-state index >= 15 is 0 Å². The minimum absolute atomic E-state index is 0.0137. The van der Waals surface area contributed by atoms with Crippen LogP contribution in [0.3, 0.4) is 0 Å². The van der Waals surface area contributed by atoms with E-state index in [0.29, 0.717) is 12.0 Å². The highest BCUT2D eigenvalue weighted by molar-refractivity contribution is 6.20. The number of aliphatic carboxylic acids is 1. The number of hydrogen-bond donors (Lipinski definition) is 3. The van der Waals surface area contributed by atoms with Gasteiger partial charge in [0.05, 0.1) is 5.57 Å². The number of rotatable bonds is 5. The van der Waals surface area contributed by atoms with Gasteiger partial charge in [0.2, 0.25) is 0 Å². The van der Waals surface area contributed by atoms with E-state index in [1.807, 2.05) is 25.1 Å². The van der Waals surface area contributed by atoms with Crippen LogP contribution in [0.2, 0.25) is 0 Å². The number of phenols is 2. The molecule has 0 bridgehead atoms. The average Bonchev–Trinajstić information content (AvgIpc) is 2.49. The summed E-state index contributed by atoms with van der Waals surface area (Å²) in [6.45, 7) is 1.94. The molecule has 2 aromatic rings. The normalized spacial score (nSPS) is 11.4. The Kier molecular flexibility index (Phi) is 4.84. The Hall–Kier alpha value is -2.75. The molecule has 4 heteroatoms. The maximum Gasteiger partial charge on any atom is 0.336 e. The van der Waals surface area contributed by atoms with E-state index in [2.05, 4.69) is 0 Å². The lowest BCUT2D eigenvalue weighted by Crippen LogP contribution is -2.00. The van der Waals surface area contributed by atoms with Crippen molar-refractivity contribution in [2.75, 3.05) is 0 Å². The number of phenolic OH excluding ortho intramolecular Hbond substituents is 2. The second-order valence-electron chi connectivity index (χ2n) is 5.02. The first-order valence-electron chi connectivity index (χ1n) is 7.08. The number of carboxylic acids is 1. The van der Waals surface area contributed by atoms with Gasteiger partial charge >= 0.3 is 5.97 Å². The molecule has 0 unspecified atom stereocenters. The van der Waals surface area contributed by atoms with E-state index < -0.39 is 5.97 Å². The van der Waals surface area contributed by atoms with Crippen molar-refractivity contribution in [3.05, 3.63) is 59.2 Å². The average molecular weight is 298 g/mol. The summed E-state index contributed by atoms with van der Waals surface area (Å²) in [5, 5.41) is 29.5. The first-order valence-corrected chi connectivity index (χ1v) is 7.08. The summed E-state index contributed by atoms with van der Waals surface area (Å²) in [4.78, 5) is 11.5. The molecule has 0 amide bonds. The Labute approximate surface area is 129 Å². The van der Waals surface area contributed by atoms with Crippen molar-refractivity contribution in [1.29, 1.82) is 0 Å². The molecule has 0 aromatic heterocycles. The molecule has 2 rings (SSSR count). The van der Waals surface area contributed by atoms with E-state index in [-0.39, 0.29) is 22.6 Å². The van der Waals surface area contributed by atoms with Crippen LogP contribution in [0.4, 0.5) is 0 Å². The van der Waals surface area contributed by atoms with Gasteiger partial charge in [-0.3, -0.25) is 0 Å². The van der Waals surface area contributed by atoms with Gasteiger partial charge in [0.15, 0.2) is 0 Å². The zero-order valence-electron chi connectivity index (χ0n) is 12.3. The Morgan fingerprint density at radius 3 is 2.18 bits per heavy atom. The molecule has 0 heterocycles. The van der Waals surface area contributed by atoms with Crippen molar-refractivity contribution in [3.8, 4) is 11.5 Å². The molecule has 0 aliphatic rings. The van der Waals surface area contributed by atoms with Crippen molar-refractivity contribution in [3.63, 3.8) is 0 Å². The van der Waals surface area contributed by atoms with Crippen LogP contribution in [0, 0.1) is 0 Å². The SMILES string of the molecule is CCCc1c(O)cc(C(=Cc2ccccc2)C(=O)O)cc1O. The molecule has 0 aliphatic carbocycles. The van der Waals surface area contributed by atoms with Gasteiger partial charge in [-0.05, 0) is 35.8 Å². The van der Waals surface area contributed by atoms with Crippen molar-refractivity contribution < 1.29 is 20.1 Å². The maximum absolute atomic E-state index is 11.5. The Morgan fingerprint density at radius 1 is 1.09 bits per heavy atom. The molecule has 4 nitrogen and oxygen atoms in total. The highest BCUT2D eigenvalue weighted by Gasteiger charge is 2.16. The van der Waals surface area contributed by atoms with Gasteiger partial charge < -0.3 is 15.3 Å². The molecule has 0 radical (unpaired) electrons. The fraction of sp³-hybridized carbons (Fsp3) is 0.167. The van der Waals surface area contributed by atoms with Crippen LogP contribution in [-0.2, 0) is 11.2 Å². The van der Waals surface area contributed by atoms with Gasteiger partial charge in [-0.1, -0.05) is 43.7 Å². The summed E-state index contributed by atoms with van der Waals surface area (Å²) in [5.74, 6) is -1.29. The summed E-state index contributed by atoms with van der Waals surface area (Å²) in [6.07, 6.45) is 2.81. The van der Waals surface area contributed by atoms with Crippen molar-refractivity contribution in [2.24, 2.45) is 0 Å². The minimum Gasteiger partial charge on any atom is -0.508 e. The van der Waals surface area contributed by atoms with Gasteiger partial charge in [0.1, 0.15) is 11.5 Å². The molecular weight excluding hydrogens is 280 g/mol. The third-order valence-electron chi connectivity index (χ3n) is 3.35. The van der Waals surface area contributed by atoms with Crippen LogP contribution < -0.4 is 0 Å². The fourth-order valence-electron chi connectivity index (χ4n) is 2.29. The molecule has 114 valence electrons. The molecule has 22 heavy (non-hydrogen) atoms. The number of aromatic hydroxyl groups is 2. The van der Waals surface area contributed by atoms with Crippen molar-refractivity contribution in [2.45, 2.75) is 19.8 Å². The highest BCUT2D eigenvalue weighted by Crippen LogP contribution is 2.33. The van der Waals surface area contributed by atoms with Crippen LogP contribution in [-0.4, -0.2) is 21.3 Å². The summed E-state index contributed by atoms with van der Waals surface area (Å²) in [6, 6.07) is 11.8. The number of carbonyl (C=O) groups is 1. The zero-order valence-corrected chi connectivity index (χ0v) is 12.3. The summed E-state index contributed by atoms with van der Waals surface area (Å²) in [7, 11) is 0. The van der Waals surface area contributed by atoms with Crippen LogP contribution in [0.15, 0.2) is 42.5 Å². The lowest BCUT2D eigenvalue weighted by molar-refractivity contribution is -0.130. The Bertz CT molecular complexity index is 679. The Morgan fingerprint density at radius 2 is 1.68 bits per heavy atom. The molecule has 0 saturated carbocycles. The molecule has 0 atom stereocenters. The predicted octanol–water partition coefficient (Wildman–Crippen LogP) is 3.68. The topological polar surface area (TPSA) is 77.8 Å². The first kappa shape index (κ1) is 15.6. The third kappa shape index (κ3) is 3.47. The third-order valence-corrected chi connectivity index (χ3v) is 3.35. The quantitative estimate of drug-likeness (QED) is 0.581. The summed E-state index contributed by atoms with van der Waals surface area (Å²) < 4.78 is 0.